The molecule has 1 aliphatic rings. The van der Waals surface area contributed by atoms with Crippen molar-refractivity contribution in [3.05, 3.63) is 39.9 Å². The minimum atomic E-state index is -1.33. The van der Waals surface area contributed by atoms with Crippen LogP contribution >= 0.6 is 23.2 Å². The van der Waals surface area contributed by atoms with E-state index in [1.165, 1.54) is 6.07 Å². The van der Waals surface area contributed by atoms with E-state index in [-0.39, 0.29) is 21.3 Å². The van der Waals surface area contributed by atoms with E-state index in [9.17, 15) is 14.4 Å². The lowest BCUT2D eigenvalue weighted by Gasteiger charge is -2.18. The number of carbonyl (C=O) groups is 3. The fraction of sp³-hybridized carbons (Fsp3) is 0. The van der Waals surface area contributed by atoms with Gasteiger partial charge in [-0.3, -0.25) is 9.59 Å². The second kappa shape index (κ2) is 4.44. The number of nitrogens with zero attached hydrogens (tertiary/aromatic N) is 1. The number of amides is 2. The highest BCUT2D eigenvalue weighted by atomic mass is 35.5. The Balaban J connectivity index is 2.67. The molecule has 0 bridgehead atoms. The molecular weight excluding hydrogens is 281 g/mol. The molecule has 18 heavy (non-hydrogen) atoms. The molecule has 0 unspecified atom stereocenters. The van der Waals surface area contributed by atoms with E-state index in [2.05, 4.69) is 0 Å². The highest BCUT2D eigenvalue weighted by molar-refractivity contribution is 6.40. The highest BCUT2D eigenvalue weighted by Crippen LogP contribution is 2.34. The van der Waals surface area contributed by atoms with Crippen molar-refractivity contribution in [3.63, 3.8) is 0 Å². The van der Waals surface area contributed by atoms with Crippen LogP contribution in [0.25, 0.3) is 0 Å². The van der Waals surface area contributed by atoms with Gasteiger partial charge < -0.3 is 5.11 Å². The molecule has 1 aromatic rings. The first-order valence-electron chi connectivity index (χ1n) is 4.70. The van der Waals surface area contributed by atoms with E-state index in [1.54, 1.807) is 0 Å². The summed E-state index contributed by atoms with van der Waals surface area (Å²) in [5, 5.41) is 9.09. The second-order valence-electron chi connectivity index (χ2n) is 3.43. The Morgan fingerprint density at radius 1 is 1.11 bits per heavy atom. The van der Waals surface area contributed by atoms with Crippen LogP contribution in [-0.2, 0) is 9.59 Å². The minimum absolute atomic E-state index is 0.0784. The Bertz CT molecular complexity index is 591. The Hall–Kier alpha value is -1.85. The lowest BCUT2D eigenvalue weighted by molar-refractivity contribution is -0.119. The van der Waals surface area contributed by atoms with Gasteiger partial charge in [0.25, 0.3) is 11.8 Å². The summed E-state index contributed by atoms with van der Waals surface area (Å²) in [7, 11) is 0. The summed E-state index contributed by atoms with van der Waals surface area (Å²) in [4.78, 5) is 34.9. The average molecular weight is 286 g/mol. The molecule has 1 aromatic carbocycles. The largest absolute Gasteiger partial charge is 0.478 e. The molecule has 0 fully saturated rings. The molecule has 7 heteroatoms. The topological polar surface area (TPSA) is 74.7 Å². The SMILES string of the molecule is O=C(O)c1cc(Cl)cc(Cl)c1N1C(=O)C=CC1=O. The van der Waals surface area contributed by atoms with Crippen molar-refractivity contribution in [2.45, 2.75) is 0 Å². The van der Waals surface area contributed by atoms with E-state index in [0.29, 0.717) is 4.90 Å². The maximum absolute atomic E-state index is 11.5. The molecule has 5 nitrogen and oxygen atoms in total. The number of halogens is 2. The summed E-state index contributed by atoms with van der Waals surface area (Å²) in [5.41, 5.74) is -0.480. The van der Waals surface area contributed by atoms with E-state index in [1.807, 2.05) is 0 Å². The van der Waals surface area contributed by atoms with Crippen molar-refractivity contribution in [1.82, 2.24) is 0 Å². The molecule has 0 radical (unpaired) electrons. The Kier molecular flexibility index (Phi) is 3.11. The number of hydrogen-bond acceptors (Lipinski definition) is 3. The molecule has 1 aliphatic heterocycles. The summed E-state index contributed by atoms with van der Waals surface area (Å²) in [6.07, 6.45) is 2.08. The van der Waals surface area contributed by atoms with Crippen LogP contribution in [-0.4, -0.2) is 22.9 Å². The Morgan fingerprint density at radius 2 is 1.67 bits per heavy atom. The quantitative estimate of drug-likeness (QED) is 0.845. The maximum atomic E-state index is 11.5. The third-order valence-corrected chi connectivity index (χ3v) is 2.80. The smallest absolute Gasteiger partial charge is 0.337 e. The molecule has 2 rings (SSSR count). The van der Waals surface area contributed by atoms with Crippen LogP contribution in [0.5, 0.6) is 0 Å². The zero-order chi connectivity index (χ0) is 13.4. The van der Waals surface area contributed by atoms with Crippen LogP contribution in [0, 0.1) is 0 Å². The highest BCUT2D eigenvalue weighted by Gasteiger charge is 2.31. The maximum Gasteiger partial charge on any atom is 0.337 e. The molecule has 0 spiro atoms. The van der Waals surface area contributed by atoms with Crippen molar-refractivity contribution < 1.29 is 19.5 Å². The predicted octanol–water partition coefficient (Wildman–Crippen LogP) is 2.12. The molecule has 0 aromatic heterocycles. The summed E-state index contributed by atoms with van der Waals surface area (Å²) < 4.78 is 0. The predicted molar refractivity (Wildman–Crippen MR) is 65.1 cm³/mol. The van der Waals surface area contributed by atoms with Gasteiger partial charge in [0.2, 0.25) is 0 Å². The zero-order valence-electron chi connectivity index (χ0n) is 8.68. The number of carbonyl (C=O) groups excluding carboxylic acids is 2. The number of rotatable bonds is 2. The van der Waals surface area contributed by atoms with Crippen molar-refractivity contribution in [2.75, 3.05) is 4.90 Å². The van der Waals surface area contributed by atoms with E-state index in [0.717, 1.165) is 18.2 Å². The van der Waals surface area contributed by atoms with Gasteiger partial charge in [-0.2, -0.15) is 0 Å². The van der Waals surface area contributed by atoms with Gasteiger partial charge in [0.05, 0.1) is 16.3 Å². The average Bonchev–Trinajstić information content (AvgIpc) is 2.58. The van der Waals surface area contributed by atoms with Crippen molar-refractivity contribution in [2.24, 2.45) is 0 Å². The van der Waals surface area contributed by atoms with Crippen LogP contribution < -0.4 is 4.90 Å². The number of carboxylic acids is 1. The molecule has 0 saturated heterocycles. The fourth-order valence-corrected chi connectivity index (χ4v) is 2.15. The van der Waals surface area contributed by atoms with Crippen LogP contribution in [0.1, 0.15) is 10.4 Å². The van der Waals surface area contributed by atoms with Gasteiger partial charge in [-0.05, 0) is 12.1 Å². The van der Waals surface area contributed by atoms with Crippen LogP contribution in [0.15, 0.2) is 24.3 Å². The van der Waals surface area contributed by atoms with Crippen LogP contribution in [0.3, 0.4) is 0 Å². The Labute approximate surface area is 111 Å². The Morgan fingerprint density at radius 3 is 2.17 bits per heavy atom. The molecule has 1 heterocycles. The number of aromatic carboxylic acids is 1. The summed E-state index contributed by atoms with van der Waals surface area (Å²) in [6, 6.07) is 2.40. The molecular formula is C11H5Cl2NO4. The van der Waals surface area contributed by atoms with Gasteiger partial charge in [-0.1, -0.05) is 23.2 Å². The van der Waals surface area contributed by atoms with E-state index in [4.69, 9.17) is 28.3 Å². The van der Waals surface area contributed by atoms with Gasteiger partial charge in [-0.25, -0.2) is 9.69 Å². The summed E-state index contributed by atoms with van der Waals surface area (Å²) in [5.74, 6) is -2.62. The monoisotopic (exact) mass is 285 g/mol. The third-order valence-electron chi connectivity index (χ3n) is 2.29. The fourth-order valence-electron chi connectivity index (χ4n) is 1.58. The van der Waals surface area contributed by atoms with Crippen molar-refractivity contribution in [3.8, 4) is 0 Å². The normalized spacial score (nSPS) is 14.4. The molecule has 2 amide bonds. The first kappa shape index (κ1) is 12.6. The van der Waals surface area contributed by atoms with Gasteiger partial charge in [0, 0.05) is 17.2 Å². The van der Waals surface area contributed by atoms with Gasteiger partial charge >= 0.3 is 5.97 Å². The van der Waals surface area contributed by atoms with Gasteiger partial charge in [-0.15, -0.1) is 0 Å². The number of anilines is 1. The van der Waals surface area contributed by atoms with E-state index < -0.39 is 17.8 Å². The van der Waals surface area contributed by atoms with Crippen LogP contribution in [0.2, 0.25) is 10.0 Å². The molecule has 0 atom stereocenters. The van der Waals surface area contributed by atoms with E-state index >= 15 is 0 Å². The number of benzene rings is 1. The first-order chi connectivity index (χ1) is 8.41. The van der Waals surface area contributed by atoms with Crippen LogP contribution in [0.4, 0.5) is 5.69 Å². The molecule has 1 N–H and O–H groups in total. The lowest BCUT2D eigenvalue weighted by atomic mass is 10.1. The van der Waals surface area contributed by atoms with Gasteiger partial charge in [0.15, 0.2) is 0 Å². The molecule has 92 valence electrons. The number of imide groups is 1. The summed E-state index contributed by atoms with van der Waals surface area (Å²) >= 11 is 11.6. The zero-order valence-corrected chi connectivity index (χ0v) is 10.2. The van der Waals surface area contributed by atoms with Crippen molar-refractivity contribution >= 4 is 46.7 Å². The minimum Gasteiger partial charge on any atom is -0.478 e. The molecule has 0 aliphatic carbocycles. The van der Waals surface area contributed by atoms with Crippen molar-refractivity contribution in [1.29, 1.82) is 0 Å². The lowest BCUT2D eigenvalue weighted by Crippen LogP contribution is -2.31. The third kappa shape index (κ3) is 1.98. The van der Waals surface area contributed by atoms with Gasteiger partial charge in [0.1, 0.15) is 0 Å². The first-order valence-corrected chi connectivity index (χ1v) is 5.46. The number of hydrogen-bond donors (Lipinski definition) is 1. The second-order valence-corrected chi connectivity index (χ2v) is 4.28. The summed E-state index contributed by atoms with van der Waals surface area (Å²) in [6.45, 7) is 0. The standard InChI is InChI=1S/C11H5Cl2NO4/c12-5-3-6(11(17)18)10(7(13)4-5)14-8(15)1-2-9(14)16/h1-4H,(H,17,18). The number of carboxylic acid groups (broad SMARTS) is 1. The molecule has 0 saturated carbocycles.